The van der Waals surface area contributed by atoms with Crippen LogP contribution in [0.15, 0.2) is 36.7 Å². The molecule has 1 aliphatic heterocycles. The molecule has 1 unspecified atom stereocenters. The number of carbonyl (C=O) groups is 2. The second-order valence-electron chi connectivity index (χ2n) is 6.04. The van der Waals surface area contributed by atoms with Gasteiger partial charge < -0.3 is 15.0 Å². The molecule has 1 aromatic carbocycles. The number of esters is 1. The number of hydrogen-bond acceptors (Lipinski definition) is 5. The van der Waals surface area contributed by atoms with E-state index in [9.17, 15) is 9.59 Å². The molecule has 0 radical (unpaired) electrons. The molecule has 0 spiro atoms. The maximum atomic E-state index is 12.4. The summed E-state index contributed by atoms with van der Waals surface area (Å²) in [5.74, 6) is -0.247. The number of imidazole rings is 1. The summed E-state index contributed by atoms with van der Waals surface area (Å²) in [6.07, 6.45) is 3.39. The highest BCUT2D eigenvalue weighted by Gasteiger charge is 2.50. The number of hydrogen-bond donors (Lipinski definition) is 2. The minimum absolute atomic E-state index is 0. The largest absolute Gasteiger partial charge is 0.465 e. The van der Waals surface area contributed by atoms with Crippen LogP contribution >= 0.6 is 12.4 Å². The van der Waals surface area contributed by atoms with E-state index in [2.05, 4.69) is 20.3 Å². The standard InChI is InChI=1S/C18H16N4O3.ClH/c1-3-25-17(24)18(2)11-8-13-14(9-12(11)22-16(18)23)21-15(20-13)10-4-6-19-7-5-10;/h4-9H,3H2,1-2H3,(H,20,21)(H,22,23);1H. The number of fused-ring (bicyclic) bond motifs is 2. The maximum Gasteiger partial charge on any atom is 0.326 e. The van der Waals surface area contributed by atoms with Crippen LogP contribution in [-0.2, 0) is 19.7 Å². The first-order chi connectivity index (χ1) is 12.0. The van der Waals surface area contributed by atoms with Gasteiger partial charge in [0.2, 0.25) is 5.91 Å². The van der Waals surface area contributed by atoms with E-state index in [0.717, 1.165) is 11.1 Å². The van der Waals surface area contributed by atoms with Crippen molar-refractivity contribution in [2.45, 2.75) is 19.3 Å². The van der Waals surface area contributed by atoms with E-state index in [1.54, 1.807) is 38.4 Å². The normalized spacial score (nSPS) is 18.2. The lowest BCUT2D eigenvalue weighted by Crippen LogP contribution is -2.40. The molecule has 3 aromatic rings. The van der Waals surface area contributed by atoms with Gasteiger partial charge in [-0.25, -0.2) is 4.98 Å². The molecule has 26 heavy (non-hydrogen) atoms. The summed E-state index contributed by atoms with van der Waals surface area (Å²) in [5.41, 5.74) is 2.17. The predicted molar refractivity (Wildman–Crippen MR) is 99.2 cm³/mol. The number of benzene rings is 1. The first kappa shape index (κ1) is 17.9. The Morgan fingerprint density at radius 2 is 2.00 bits per heavy atom. The van der Waals surface area contributed by atoms with Gasteiger partial charge in [0.05, 0.1) is 17.6 Å². The fourth-order valence-corrected chi connectivity index (χ4v) is 3.07. The average Bonchev–Trinajstić information content (AvgIpc) is 3.14. The summed E-state index contributed by atoms with van der Waals surface area (Å²) < 4.78 is 5.11. The minimum atomic E-state index is -1.37. The Balaban J connectivity index is 0.00000196. The number of nitrogens with zero attached hydrogens (tertiary/aromatic N) is 2. The summed E-state index contributed by atoms with van der Waals surface area (Å²) in [5, 5.41) is 2.77. The molecule has 1 atom stereocenters. The Morgan fingerprint density at radius 1 is 1.27 bits per heavy atom. The first-order valence-corrected chi connectivity index (χ1v) is 7.97. The zero-order valence-electron chi connectivity index (χ0n) is 14.2. The molecule has 4 rings (SSSR count). The van der Waals surface area contributed by atoms with E-state index in [0.29, 0.717) is 22.6 Å². The second-order valence-corrected chi connectivity index (χ2v) is 6.04. The molecule has 2 N–H and O–H groups in total. The SMILES string of the molecule is CCOC(=O)C1(C)C(=O)Nc2cc3[nH]c(-c4ccncc4)nc3cc21.Cl. The van der Waals surface area contributed by atoms with Gasteiger partial charge >= 0.3 is 5.97 Å². The van der Waals surface area contributed by atoms with Crippen LogP contribution in [0.1, 0.15) is 19.4 Å². The topological polar surface area (TPSA) is 97.0 Å². The molecule has 3 heterocycles. The van der Waals surface area contributed by atoms with Gasteiger partial charge in [-0.15, -0.1) is 12.4 Å². The lowest BCUT2D eigenvalue weighted by atomic mass is 9.83. The maximum absolute atomic E-state index is 12.4. The third-order valence-electron chi connectivity index (χ3n) is 4.50. The number of pyridine rings is 1. The minimum Gasteiger partial charge on any atom is -0.465 e. The van der Waals surface area contributed by atoms with Gasteiger partial charge in [-0.05, 0) is 38.1 Å². The number of H-pyrrole nitrogens is 1. The number of carbonyl (C=O) groups excluding carboxylic acids is 2. The van der Waals surface area contributed by atoms with Gasteiger partial charge in [0.15, 0.2) is 5.41 Å². The Hall–Kier alpha value is -2.93. The summed E-state index contributed by atoms with van der Waals surface area (Å²) in [6, 6.07) is 7.28. The summed E-state index contributed by atoms with van der Waals surface area (Å²) in [4.78, 5) is 36.6. The number of halogens is 1. The van der Waals surface area contributed by atoms with Crippen LogP contribution in [0, 0.1) is 0 Å². The smallest absolute Gasteiger partial charge is 0.326 e. The fourth-order valence-electron chi connectivity index (χ4n) is 3.07. The molecule has 2 aromatic heterocycles. The predicted octanol–water partition coefficient (Wildman–Crippen LogP) is 2.82. The third kappa shape index (κ3) is 2.52. The molecular formula is C18H17ClN4O3. The Kier molecular flexibility index (Phi) is 4.41. The van der Waals surface area contributed by atoms with E-state index in [1.165, 1.54) is 0 Å². The van der Waals surface area contributed by atoms with Crippen LogP contribution < -0.4 is 5.32 Å². The zero-order chi connectivity index (χ0) is 17.6. The Bertz CT molecular complexity index is 1000. The lowest BCUT2D eigenvalue weighted by molar-refractivity contribution is -0.152. The number of amides is 1. The first-order valence-electron chi connectivity index (χ1n) is 7.97. The second kappa shape index (κ2) is 6.42. The molecule has 0 saturated carbocycles. The van der Waals surface area contributed by atoms with Gasteiger partial charge in [-0.1, -0.05) is 0 Å². The van der Waals surface area contributed by atoms with Crippen LogP contribution in [0.2, 0.25) is 0 Å². The monoisotopic (exact) mass is 372 g/mol. The molecule has 0 fully saturated rings. The molecule has 134 valence electrons. The Labute approximate surface area is 155 Å². The van der Waals surface area contributed by atoms with Crippen molar-refractivity contribution in [1.82, 2.24) is 15.0 Å². The van der Waals surface area contributed by atoms with Crippen molar-refractivity contribution in [1.29, 1.82) is 0 Å². The van der Waals surface area contributed by atoms with Crippen LogP contribution in [0.5, 0.6) is 0 Å². The molecule has 1 amide bonds. The summed E-state index contributed by atoms with van der Waals surface area (Å²) in [7, 11) is 0. The van der Waals surface area contributed by atoms with Crippen LogP contribution in [0.25, 0.3) is 22.4 Å². The lowest BCUT2D eigenvalue weighted by Gasteiger charge is -2.19. The highest BCUT2D eigenvalue weighted by molar-refractivity contribution is 6.19. The van der Waals surface area contributed by atoms with E-state index >= 15 is 0 Å². The fraction of sp³-hybridized carbons (Fsp3) is 0.222. The van der Waals surface area contributed by atoms with Gasteiger partial charge in [0.1, 0.15) is 5.82 Å². The number of aromatic nitrogens is 3. The number of aromatic amines is 1. The van der Waals surface area contributed by atoms with Crippen molar-refractivity contribution in [2.24, 2.45) is 0 Å². The molecule has 8 heteroatoms. The van der Waals surface area contributed by atoms with Crippen molar-refractivity contribution in [3.63, 3.8) is 0 Å². The highest BCUT2D eigenvalue weighted by atomic mass is 35.5. The van der Waals surface area contributed by atoms with E-state index in [-0.39, 0.29) is 24.9 Å². The van der Waals surface area contributed by atoms with Gasteiger partial charge in [-0.3, -0.25) is 14.6 Å². The van der Waals surface area contributed by atoms with Gasteiger partial charge in [0.25, 0.3) is 0 Å². The molecular weight excluding hydrogens is 356 g/mol. The van der Waals surface area contributed by atoms with Crippen molar-refractivity contribution in [2.75, 3.05) is 11.9 Å². The molecule has 1 aliphatic rings. The van der Waals surface area contributed by atoms with Crippen molar-refractivity contribution < 1.29 is 14.3 Å². The van der Waals surface area contributed by atoms with Crippen molar-refractivity contribution in [3.05, 3.63) is 42.2 Å². The van der Waals surface area contributed by atoms with E-state index < -0.39 is 11.4 Å². The number of nitrogens with one attached hydrogen (secondary N) is 2. The Morgan fingerprint density at radius 3 is 2.69 bits per heavy atom. The van der Waals surface area contributed by atoms with Crippen LogP contribution in [0.3, 0.4) is 0 Å². The summed E-state index contributed by atoms with van der Waals surface area (Å²) in [6.45, 7) is 3.51. The van der Waals surface area contributed by atoms with Crippen LogP contribution in [0.4, 0.5) is 5.69 Å². The zero-order valence-corrected chi connectivity index (χ0v) is 15.0. The quantitative estimate of drug-likeness (QED) is 0.544. The van der Waals surface area contributed by atoms with E-state index in [1.807, 2.05) is 12.1 Å². The van der Waals surface area contributed by atoms with E-state index in [4.69, 9.17) is 4.74 Å². The number of rotatable bonds is 3. The number of anilines is 1. The van der Waals surface area contributed by atoms with Gasteiger partial charge in [0, 0.05) is 29.2 Å². The van der Waals surface area contributed by atoms with Crippen LogP contribution in [-0.4, -0.2) is 33.4 Å². The van der Waals surface area contributed by atoms with Crippen molar-refractivity contribution in [3.8, 4) is 11.4 Å². The average molecular weight is 373 g/mol. The van der Waals surface area contributed by atoms with Crippen molar-refractivity contribution >= 4 is 41.0 Å². The summed E-state index contributed by atoms with van der Waals surface area (Å²) >= 11 is 0. The van der Waals surface area contributed by atoms with Gasteiger partial charge in [-0.2, -0.15) is 0 Å². The molecule has 0 saturated heterocycles. The number of ether oxygens (including phenoxy) is 1. The molecule has 0 aliphatic carbocycles. The third-order valence-corrected chi connectivity index (χ3v) is 4.50. The molecule has 7 nitrogen and oxygen atoms in total. The highest BCUT2D eigenvalue weighted by Crippen LogP contribution is 2.41. The molecule has 0 bridgehead atoms.